The van der Waals surface area contributed by atoms with Crippen molar-refractivity contribution in [1.29, 1.82) is 0 Å². The Morgan fingerprint density at radius 2 is 1.84 bits per heavy atom. The van der Waals surface area contributed by atoms with Gasteiger partial charge in [-0.1, -0.05) is 48.5 Å². The summed E-state index contributed by atoms with van der Waals surface area (Å²) < 4.78 is 14.3. The summed E-state index contributed by atoms with van der Waals surface area (Å²) in [7, 11) is 0. The number of thioether (sulfide) groups is 1. The average Bonchev–Trinajstić information content (AvgIpc) is 3.32. The van der Waals surface area contributed by atoms with Crippen molar-refractivity contribution in [2.45, 2.75) is 56.5 Å². The number of anilines is 1. The molecule has 2 aliphatic rings. The van der Waals surface area contributed by atoms with Crippen LogP contribution in [0.15, 0.2) is 53.7 Å². The summed E-state index contributed by atoms with van der Waals surface area (Å²) >= 11 is 1.38. The maximum absolute atomic E-state index is 12.6. The number of fused-ring (bicyclic) bond motifs is 1. The van der Waals surface area contributed by atoms with Crippen LogP contribution < -0.4 is 14.8 Å². The van der Waals surface area contributed by atoms with E-state index in [1.165, 1.54) is 18.2 Å². The van der Waals surface area contributed by atoms with Crippen molar-refractivity contribution in [3.63, 3.8) is 0 Å². The van der Waals surface area contributed by atoms with E-state index in [1.54, 1.807) is 0 Å². The number of aromatic nitrogens is 3. The Morgan fingerprint density at radius 1 is 1.06 bits per heavy atom. The molecule has 1 aliphatic heterocycles. The minimum Gasteiger partial charge on any atom is -0.448 e. The van der Waals surface area contributed by atoms with Gasteiger partial charge in [0.15, 0.2) is 16.7 Å². The first kappa shape index (κ1) is 20.9. The van der Waals surface area contributed by atoms with Gasteiger partial charge < -0.3 is 19.4 Å². The van der Waals surface area contributed by atoms with E-state index < -0.39 is 5.79 Å². The van der Waals surface area contributed by atoms with Gasteiger partial charge in [-0.05, 0) is 37.5 Å². The lowest BCUT2D eigenvalue weighted by Gasteiger charge is -2.31. The second-order valence-electron chi connectivity index (χ2n) is 8.28. The van der Waals surface area contributed by atoms with Gasteiger partial charge >= 0.3 is 0 Å². The fraction of sp³-hybridized carbons (Fsp3) is 0.375. The molecule has 0 bridgehead atoms. The van der Waals surface area contributed by atoms with Crippen LogP contribution in [-0.4, -0.2) is 32.2 Å². The van der Waals surface area contributed by atoms with Crippen LogP contribution in [0.1, 0.15) is 43.5 Å². The van der Waals surface area contributed by atoms with E-state index in [1.807, 2.05) is 47.9 Å². The van der Waals surface area contributed by atoms with Crippen molar-refractivity contribution in [3.05, 3.63) is 59.9 Å². The van der Waals surface area contributed by atoms with E-state index in [0.29, 0.717) is 18.0 Å². The molecule has 1 amide bonds. The zero-order valence-corrected chi connectivity index (χ0v) is 18.9. The molecule has 1 saturated carbocycles. The predicted octanol–water partition coefficient (Wildman–Crippen LogP) is 4.80. The molecule has 1 fully saturated rings. The maximum atomic E-state index is 12.6. The van der Waals surface area contributed by atoms with E-state index in [2.05, 4.69) is 27.6 Å². The largest absolute Gasteiger partial charge is 0.448 e. The van der Waals surface area contributed by atoms with Crippen LogP contribution >= 0.6 is 11.8 Å². The minimum absolute atomic E-state index is 0.104. The van der Waals surface area contributed by atoms with Crippen LogP contribution in [0.4, 0.5) is 5.69 Å². The molecule has 0 saturated heterocycles. The summed E-state index contributed by atoms with van der Waals surface area (Å²) in [6.45, 7) is 2.60. The molecule has 3 aromatic rings. The molecule has 0 atom stereocenters. The number of hydrogen-bond acceptors (Lipinski definition) is 6. The highest BCUT2D eigenvalue weighted by molar-refractivity contribution is 7.99. The van der Waals surface area contributed by atoms with Crippen molar-refractivity contribution in [2.75, 3.05) is 11.1 Å². The monoisotopic (exact) mass is 450 g/mol. The highest BCUT2D eigenvalue weighted by Gasteiger charge is 2.42. The highest BCUT2D eigenvalue weighted by Crippen LogP contribution is 2.46. The van der Waals surface area contributed by atoms with Gasteiger partial charge in [-0.2, -0.15) is 0 Å². The molecule has 0 unspecified atom stereocenters. The molecule has 0 radical (unpaired) electrons. The summed E-state index contributed by atoms with van der Waals surface area (Å²) in [6.07, 6.45) is 5.26. The molecule has 2 heterocycles. The normalized spacial score (nSPS) is 16.3. The number of aryl methyl sites for hydroxylation is 1. The lowest BCUT2D eigenvalue weighted by molar-refractivity contribution is -0.113. The van der Waals surface area contributed by atoms with Gasteiger partial charge in [-0.25, -0.2) is 0 Å². The van der Waals surface area contributed by atoms with Crippen molar-refractivity contribution in [1.82, 2.24) is 14.8 Å². The lowest BCUT2D eigenvalue weighted by atomic mass is 9.94. The third-order valence-electron chi connectivity index (χ3n) is 5.85. The zero-order chi connectivity index (χ0) is 22.0. The maximum Gasteiger partial charge on any atom is 0.251 e. The fourth-order valence-corrected chi connectivity index (χ4v) is 4.99. The third-order valence-corrected chi connectivity index (χ3v) is 6.82. The number of carbonyl (C=O) groups is 1. The topological polar surface area (TPSA) is 78.3 Å². The summed E-state index contributed by atoms with van der Waals surface area (Å²) in [5.74, 6) is 1.90. The molecule has 7 nitrogen and oxygen atoms in total. The molecular weight excluding hydrogens is 424 g/mol. The van der Waals surface area contributed by atoms with E-state index in [-0.39, 0.29) is 11.7 Å². The van der Waals surface area contributed by atoms with Crippen molar-refractivity contribution >= 4 is 23.4 Å². The van der Waals surface area contributed by atoms with Gasteiger partial charge in [0.1, 0.15) is 5.82 Å². The Hall–Kier alpha value is -3.00. The second kappa shape index (κ2) is 8.86. The minimum atomic E-state index is -0.514. The van der Waals surface area contributed by atoms with Crippen molar-refractivity contribution in [2.24, 2.45) is 0 Å². The number of ether oxygens (including phenoxy) is 2. The number of hydrogen-bond donors (Lipinski definition) is 1. The van der Waals surface area contributed by atoms with Crippen LogP contribution in [0, 0.1) is 6.92 Å². The number of carbonyl (C=O) groups excluding carboxylic acids is 1. The molecule has 1 spiro atoms. The molecule has 5 rings (SSSR count). The molecule has 32 heavy (non-hydrogen) atoms. The van der Waals surface area contributed by atoms with E-state index >= 15 is 0 Å². The summed E-state index contributed by atoms with van der Waals surface area (Å²) in [5.41, 5.74) is 1.87. The first-order valence-electron chi connectivity index (χ1n) is 11.0. The Balaban J connectivity index is 1.20. The van der Waals surface area contributed by atoms with Crippen molar-refractivity contribution < 1.29 is 14.3 Å². The molecular formula is C24H26N4O3S. The van der Waals surface area contributed by atoms with Gasteiger partial charge in [-0.3, -0.25) is 4.79 Å². The van der Waals surface area contributed by atoms with Crippen LogP contribution in [0.5, 0.6) is 11.5 Å². The van der Waals surface area contributed by atoms with Crippen LogP contribution in [0.3, 0.4) is 0 Å². The lowest BCUT2D eigenvalue weighted by Crippen LogP contribution is -2.40. The Bertz CT molecular complexity index is 1110. The average molecular weight is 451 g/mol. The van der Waals surface area contributed by atoms with Gasteiger partial charge in [0.2, 0.25) is 5.91 Å². The molecule has 1 aromatic heterocycles. The molecule has 166 valence electrons. The second-order valence-corrected chi connectivity index (χ2v) is 9.22. The molecule has 1 aliphatic carbocycles. The standard InChI is InChI=1S/C24H26N4O3S/c1-17-26-27-23(28(17)15-18-8-4-2-5-9-18)32-16-22(29)25-19-10-11-20-21(14-19)31-24(30-20)12-6-3-7-13-24/h2,4-5,8-11,14H,3,6-7,12-13,15-16H2,1H3,(H,25,29). The van der Waals surface area contributed by atoms with Gasteiger partial charge in [0, 0.05) is 24.6 Å². The number of amides is 1. The quantitative estimate of drug-likeness (QED) is 0.544. The van der Waals surface area contributed by atoms with Gasteiger partial charge in [0.05, 0.1) is 12.3 Å². The summed E-state index contributed by atoms with van der Waals surface area (Å²) in [6, 6.07) is 15.7. The first-order valence-corrected chi connectivity index (χ1v) is 12.0. The summed E-state index contributed by atoms with van der Waals surface area (Å²) in [5, 5.41) is 12.1. The van der Waals surface area contributed by atoms with E-state index in [4.69, 9.17) is 9.47 Å². The van der Waals surface area contributed by atoms with Gasteiger partial charge in [0.25, 0.3) is 5.79 Å². The molecule has 2 aromatic carbocycles. The Morgan fingerprint density at radius 3 is 2.66 bits per heavy atom. The predicted molar refractivity (Wildman–Crippen MR) is 123 cm³/mol. The highest BCUT2D eigenvalue weighted by atomic mass is 32.2. The number of nitrogens with one attached hydrogen (secondary N) is 1. The first-order chi connectivity index (χ1) is 15.6. The number of benzene rings is 2. The number of rotatable bonds is 6. The number of nitrogens with zero attached hydrogens (tertiary/aromatic N) is 3. The van der Waals surface area contributed by atoms with Gasteiger partial charge in [-0.15, -0.1) is 10.2 Å². The summed E-state index contributed by atoms with van der Waals surface area (Å²) in [4.78, 5) is 12.6. The van der Waals surface area contributed by atoms with E-state index in [0.717, 1.165) is 48.0 Å². The van der Waals surface area contributed by atoms with Crippen LogP contribution in [-0.2, 0) is 11.3 Å². The zero-order valence-electron chi connectivity index (χ0n) is 18.0. The molecule has 1 N–H and O–H groups in total. The fourth-order valence-electron chi connectivity index (χ4n) is 4.21. The third kappa shape index (κ3) is 4.46. The Labute approximate surface area is 191 Å². The van der Waals surface area contributed by atoms with Crippen LogP contribution in [0.2, 0.25) is 0 Å². The van der Waals surface area contributed by atoms with Crippen LogP contribution in [0.25, 0.3) is 0 Å². The van der Waals surface area contributed by atoms with E-state index in [9.17, 15) is 4.79 Å². The van der Waals surface area contributed by atoms with Crippen molar-refractivity contribution in [3.8, 4) is 11.5 Å². The Kier molecular flexibility index (Phi) is 5.78. The smallest absolute Gasteiger partial charge is 0.251 e. The SMILES string of the molecule is Cc1nnc(SCC(=O)Nc2ccc3c(c2)OC2(CCCCC2)O3)n1Cc1ccccc1. The molecule has 8 heteroatoms.